The van der Waals surface area contributed by atoms with E-state index >= 15 is 0 Å². The molecule has 2 heterocycles. The number of hydrogen-bond acceptors (Lipinski definition) is 7. The van der Waals surface area contributed by atoms with E-state index in [0.29, 0.717) is 23.1 Å². The SMILES string of the molecule is CN=Cc1ccc2c(N3CCC(O)CC3)nnc(NCc3ccc(OC)c(Cl)c3)c2c1. The van der Waals surface area contributed by atoms with Crippen molar-refractivity contribution >= 4 is 40.2 Å². The molecule has 2 N–H and O–H groups in total. The molecule has 2 aromatic carbocycles. The minimum absolute atomic E-state index is 0.236. The van der Waals surface area contributed by atoms with E-state index in [4.69, 9.17) is 16.3 Å². The van der Waals surface area contributed by atoms with Crippen LogP contribution < -0.4 is 15.0 Å². The Labute approximate surface area is 186 Å². The lowest BCUT2D eigenvalue weighted by molar-refractivity contribution is 0.145. The van der Waals surface area contributed by atoms with Gasteiger partial charge >= 0.3 is 0 Å². The maximum Gasteiger partial charge on any atom is 0.159 e. The summed E-state index contributed by atoms with van der Waals surface area (Å²) in [5.41, 5.74) is 2.01. The first-order valence-corrected chi connectivity index (χ1v) is 10.7. The number of methoxy groups -OCH3 is 1. The third kappa shape index (κ3) is 4.73. The summed E-state index contributed by atoms with van der Waals surface area (Å²) in [6.45, 7) is 2.08. The number of fused-ring (bicyclic) bond motifs is 1. The summed E-state index contributed by atoms with van der Waals surface area (Å²) >= 11 is 6.26. The van der Waals surface area contributed by atoms with Gasteiger partial charge in [-0.3, -0.25) is 4.99 Å². The van der Waals surface area contributed by atoms with Gasteiger partial charge in [0.1, 0.15) is 5.75 Å². The Kier molecular flexibility index (Phi) is 6.53. The summed E-state index contributed by atoms with van der Waals surface area (Å²) in [6.07, 6.45) is 3.06. The second-order valence-electron chi connectivity index (χ2n) is 7.61. The largest absolute Gasteiger partial charge is 0.495 e. The molecule has 0 unspecified atom stereocenters. The van der Waals surface area contributed by atoms with Crippen LogP contribution in [-0.4, -0.2) is 54.9 Å². The van der Waals surface area contributed by atoms with Crippen molar-refractivity contribution in [2.75, 3.05) is 37.5 Å². The van der Waals surface area contributed by atoms with Gasteiger partial charge in [0, 0.05) is 43.7 Å². The summed E-state index contributed by atoms with van der Waals surface area (Å²) in [6, 6.07) is 11.9. The van der Waals surface area contributed by atoms with Crippen molar-refractivity contribution in [3.05, 3.63) is 52.5 Å². The third-order valence-corrected chi connectivity index (χ3v) is 5.80. The van der Waals surface area contributed by atoms with Crippen LogP contribution in [0.15, 0.2) is 41.4 Å². The molecule has 1 saturated heterocycles. The fourth-order valence-corrected chi connectivity index (χ4v) is 4.11. The molecule has 31 heavy (non-hydrogen) atoms. The molecule has 1 aliphatic heterocycles. The van der Waals surface area contributed by atoms with E-state index in [0.717, 1.165) is 53.6 Å². The van der Waals surface area contributed by atoms with E-state index in [2.05, 4.69) is 37.5 Å². The molecular weight excluding hydrogens is 414 g/mol. The highest BCUT2D eigenvalue weighted by Crippen LogP contribution is 2.31. The van der Waals surface area contributed by atoms with E-state index < -0.39 is 0 Å². The van der Waals surface area contributed by atoms with Crippen molar-refractivity contribution in [1.29, 1.82) is 0 Å². The Hall–Kier alpha value is -2.90. The van der Waals surface area contributed by atoms with Crippen LogP contribution in [0.2, 0.25) is 5.02 Å². The van der Waals surface area contributed by atoms with Crippen molar-refractivity contribution in [1.82, 2.24) is 10.2 Å². The van der Waals surface area contributed by atoms with E-state index in [1.54, 1.807) is 14.2 Å². The lowest BCUT2D eigenvalue weighted by Gasteiger charge is -2.31. The van der Waals surface area contributed by atoms with Gasteiger partial charge in [0.15, 0.2) is 11.6 Å². The molecule has 8 heteroatoms. The van der Waals surface area contributed by atoms with Crippen molar-refractivity contribution in [3.8, 4) is 5.75 Å². The molecular formula is C23H26ClN5O2. The highest BCUT2D eigenvalue weighted by atomic mass is 35.5. The standard InChI is InChI=1S/C23H26ClN5O2/c1-25-13-15-3-5-18-19(11-15)22(26-14-16-4-6-21(31-2)20(24)12-16)27-28-23(18)29-9-7-17(30)8-10-29/h3-6,11-13,17,30H,7-10,14H2,1-2H3,(H,26,27). The molecule has 1 aliphatic rings. The number of nitrogens with one attached hydrogen (secondary N) is 1. The van der Waals surface area contributed by atoms with Gasteiger partial charge in [-0.2, -0.15) is 0 Å². The lowest BCUT2D eigenvalue weighted by Crippen LogP contribution is -2.36. The first kappa shape index (κ1) is 21.3. The number of piperidine rings is 1. The van der Waals surface area contributed by atoms with Gasteiger partial charge < -0.3 is 20.1 Å². The second kappa shape index (κ2) is 9.49. The average Bonchev–Trinajstić information content (AvgIpc) is 2.78. The smallest absolute Gasteiger partial charge is 0.159 e. The maximum absolute atomic E-state index is 9.85. The number of anilines is 2. The first-order chi connectivity index (χ1) is 15.1. The number of aliphatic hydroxyl groups is 1. The van der Waals surface area contributed by atoms with Crippen LogP contribution in [0.1, 0.15) is 24.0 Å². The first-order valence-electron chi connectivity index (χ1n) is 10.3. The Morgan fingerprint density at radius 2 is 2.00 bits per heavy atom. The predicted octanol–water partition coefficient (Wildman–Crippen LogP) is 3.91. The van der Waals surface area contributed by atoms with E-state index in [1.807, 2.05) is 30.5 Å². The molecule has 0 aliphatic carbocycles. The Morgan fingerprint density at radius 1 is 1.19 bits per heavy atom. The number of aromatic nitrogens is 2. The van der Waals surface area contributed by atoms with Gasteiger partial charge in [0.25, 0.3) is 0 Å². The van der Waals surface area contributed by atoms with E-state index in [-0.39, 0.29) is 6.10 Å². The lowest BCUT2D eigenvalue weighted by atomic mass is 10.1. The predicted molar refractivity (Wildman–Crippen MR) is 126 cm³/mol. The van der Waals surface area contributed by atoms with Crippen molar-refractivity contribution in [3.63, 3.8) is 0 Å². The van der Waals surface area contributed by atoms with Crippen LogP contribution in [0.5, 0.6) is 5.75 Å². The minimum Gasteiger partial charge on any atom is -0.495 e. The fraction of sp³-hybridized carbons (Fsp3) is 0.348. The molecule has 7 nitrogen and oxygen atoms in total. The highest BCUT2D eigenvalue weighted by molar-refractivity contribution is 6.32. The Balaban J connectivity index is 1.66. The molecule has 0 saturated carbocycles. The zero-order valence-corrected chi connectivity index (χ0v) is 18.4. The quantitative estimate of drug-likeness (QED) is 0.566. The summed E-state index contributed by atoms with van der Waals surface area (Å²) in [5.74, 6) is 2.20. The third-order valence-electron chi connectivity index (χ3n) is 5.50. The molecule has 1 fully saturated rings. The monoisotopic (exact) mass is 439 g/mol. The van der Waals surface area contributed by atoms with Crippen LogP contribution in [-0.2, 0) is 6.54 Å². The number of nitrogens with zero attached hydrogens (tertiary/aromatic N) is 4. The Morgan fingerprint density at radius 3 is 2.71 bits per heavy atom. The molecule has 3 aromatic rings. The second-order valence-corrected chi connectivity index (χ2v) is 8.01. The normalized spacial score (nSPS) is 15.0. The fourth-order valence-electron chi connectivity index (χ4n) is 3.83. The van der Waals surface area contributed by atoms with Crippen LogP contribution >= 0.6 is 11.6 Å². The van der Waals surface area contributed by atoms with Gasteiger partial charge in [-0.15, -0.1) is 10.2 Å². The highest BCUT2D eigenvalue weighted by Gasteiger charge is 2.21. The van der Waals surface area contributed by atoms with Gasteiger partial charge in [-0.1, -0.05) is 23.7 Å². The molecule has 0 bridgehead atoms. The molecule has 0 spiro atoms. The number of hydrogen-bond donors (Lipinski definition) is 2. The van der Waals surface area contributed by atoms with Crippen LogP contribution in [0.25, 0.3) is 10.8 Å². The van der Waals surface area contributed by atoms with Crippen LogP contribution in [0, 0.1) is 0 Å². The van der Waals surface area contributed by atoms with Crippen molar-refractivity contribution in [2.45, 2.75) is 25.5 Å². The van der Waals surface area contributed by atoms with Crippen molar-refractivity contribution < 1.29 is 9.84 Å². The van der Waals surface area contributed by atoms with E-state index in [9.17, 15) is 5.11 Å². The minimum atomic E-state index is -0.236. The topological polar surface area (TPSA) is 82.9 Å². The molecule has 0 radical (unpaired) electrons. The zero-order chi connectivity index (χ0) is 21.8. The molecule has 162 valence electrons. The van der Waals surface area contributed by atoms with Gasteiger partial charge in [0.05, 0.1) is 18.2 Å². The summed E-state index contributed by atoms with van der Waals surface area (Å²) in [4.78, 5) is 6.33. The van der Waals surface area contributed by atoms with Crippen molar-refractivity contribution in [2.24, 2.45) is 4.99 Å². The van der Waals surface area contributed by atoms with E-state index in [1.165, 1.54) is 0 Å². The van der Waals surface area contributed by atoms with Gasteiger partial charge in [-0.25, -0.2) is 0 Å². The van der Waals surface area contributed by atoms with Gasteiger partial charge in [-0.05, 0) is 48.2 Å². The molecule has 0 atom stereocenters. The molecule has 1 aromatic heterocycles. The summed E-state index contributed by atoms with van der Waals surface area (Å²) < 4.78 is 5.23. The number of ether oxygens (including phenoxy) is 1. The van der Waals surface area contributed by atoms with Crippen LogP contribution in [0.3, 0.4) is 0 Å². The number of halogens is 1. The Bertz CT molecular complexity index is 1100. The number of benzene rings is 2. The summed E-state index contributed by atoms with van der Waals surface area (Å²) in [5, 5.41) is 24.9. The van der Waals surface area contributed by atoms with Crippen LogP contribution in [0.4, 0.5) is 11.6 Å². The zero-order valence-electron chi connectivity index (χ0n) is 17.7. The molecule has 0 amide bonds. The summed E-state index contributed by atoms with van der Waals surface area (Å²) in [7, 11) is 3.36. The number of aliphatic imine (C=N–C) groups is 1. The van der Waals surface area contributed by atoms with Gasteiger partial charge in [0.2, 0.25) is 0 Å². The average molecular weight is 440 g/mol. The number of rotatable bonds is 6. The molecule has 4 rings (SSSR count). The maximum atomic E-state index is 9.85. The number of aliphatic hydroxyl groups excluding tert-OH is 1.